The molecule has 1 amide bonds. The van der Waals surface area contributed by atoms with Crippen LogP contribution in [0.3, 0.4) is 0 Å². The number of fused-ring (bicyclic) bond motifs is 1. The van der Waals surface area contributed by atoms with Gasteiger partial charge in [-0.05, 0) is 54.6 Å². The van der Waals surface area contributed by atoms with Crippen LogP contribution in [0.1, 0.15) is 41.0 Å². The fourth-order valence-electron chi connectivity index (χ4n) is 3.90. The summed E-state index contributed by atoms with van der Waals surface area (Å²) in [4.78, 5) is 54.0. The Balaban J connectivity index is 0.000000557. The molecular weight excluding hydrogens is 558 g/mol. The first kappa shape index (κ1) is 31.7. The molecule has 0 fully saturated rings. The van der Waals surface area contributed by atoms with Crippen LogP contribution in [0.4, 0.5) is 11.5 Å². The third-order valence-corrected chi connectivity index (χ3v) is 6.14. The van der Waals surface area contributed by atoms with Gasteiger partial charge in [-0.3, -0.25) is 29.5 Å². The van der Waals surface area contributed by atoms with Gasteiger partial charge in [-0.2, -0.15) is 0 Å². The molecule has 0 atom stereocenters. The van der Waals surface area contributed by atoms with Crippen molar-refractivity contribution in [2.24, 2.45) is 12.8 Å². The highest BCUT2D eigenvalue weighted by molar-refractivity contribution is 6.07. The number of nitrogens with two attached hydrogens (primary N) is 1. The first-order chi connectivity index (χ1) is 20.5. The highest BCUT2D eigenvalue weighted by atomic mass is 16.4. The van der Waals surface area contributed by atoms with Crippen LogP contribution < -0.4 is 16.0 Å². The molecule has 0 aliphatic carbocycles. The zero-order chi connectivity index (χ0) is 31.5. The van der Waals surface area contributed by atoms with Gasteiger partial charge in [0.1, 0.15) is 17.5 Å². The van der Waals surface area contributed by atoms with Gasteiger partial charge >= 0.3 is 17.9 Å². The van der Waals surface area contributed by atoms with Crippen molar-refractivity contribution in [1.29, 1.82) is 5.41 Å². The molecule has 7 N–H and O–H groups in total. The molecule has 0 radical (unpaired) electrons. The standard InChI is InChI=1S/C25H25N7O3.C4H6O4/c1-31-20-10-7-17(25(35)32(13-11-23(33)34)21-4-2-3-12-28-21)14-19(20)30-22(31)15-29-18-8-5-16(6-9-18)24(26)27;5-3(6)1-2-4(7)8/h2-10,12,14,29H,11,13,15H2,1H3,(H3,26,27)(H,33,34);1-2H2,(H,5,6)(H,7,8). The number of amides is 1. The number of carboxylic acids is 3. The highest BCUT2D eigenvalue weighted by Crippen LogP contribution is 2.21. The van der Waals surface area contributed by atoms with Crippen LogP contribution in [-0.4, -0.2) is 66.1 Å². The van der Waals surface area contributed by atoms with E-state index in [2.05, 4.69) is 15.3 Å². The monoisotopic (exact) mass is 589 g/mol. The summed E-state index contributed by atoms with van der Waals surface area (Å²) in [7, 11) is 1.90. The quantitative estimate of drug-likeness (QED) is 0.104. The number of aryl methyl sites for hydroxylation is 1. The van der Waals surface area contributed by atoms with E-state index in [-0.39, 0.29) is 37.6 Å². The molecule has 0 aliphatic rings. The van der Waals surface area contributed by atoms with Gasteiger partial charge in [-0.1, -0.05) is 6.07 Å². The number of amidine groups is 1. The van der Waals surface area contributed by atoms with E-state index in [1.54, 1.807) is 48.7 Å². The summed E-state index contributed by atoms with van der Waals surface area (Å²) >= 11 is 0. The lowest BCUT2D eigenvalue weighted by Gasteiger charge is -2.21. The van der Waals surface area contributed by atoms with E-state index in [0.717, 1.165) is 17.0 Å². The maximum Gasteiger partial charge on any atom is 0.305 e. The number of carbonyl (C=O) groups is 4. The first-order valence-corrected chi connectivity index (χ1v) is 13.0. The van der Waals surface area contributed by atoms with Crippen molar-refractivity contribution in [3.8, 4) is 0 Å². The zero-order valence-electron chi connectivity index (χ0n) is 23.2. The number of hydrogen-bond acceptors (Lipinski definition) is 8. The Morgan fingerprint density at radius 3 is 2.09 bits per heavy atom. The molecule has 0 spiro atoms. The fourth-order valence-corrected chi connectivity index (χ4v) is 3.90. The van der Waals surface area contributed by atoms with E-state index >= 15 is 0 Å². The Hall–Kier alpha value is -5.79. The fraction of sp³-hybridized carbons (Fsp3) is 0.207. The molecule has 14 nitrogen and oxygen atoms in total. The number of rotatable bonds is 12. The van der Waals surface area contributed by atoms with E-state index in [0.29, 0.717) is 29.0 Å². The topological polar surface area (TPSA) is 225 Å². The number of nitrogen functional groups attached to an aromatic ring is 1. The van der Waals surface area contributed by atoms with Crippen LogP contribution in [0, 0.1) is 5.41 Å². The summed E-state index contributed by atoms with van der Waals surface area (Å²) in [5.74, 6) is -2.32. The molecule has 0 unspecified atom stereocenters. The number of carboxylic acid groups (broad SMARTS) is 3. The van der Waals surface area contributed by atoms with E-state index in [4.69, 9.17) is 26.5 Å². The van der Waals surface area contributed by atoms with Crippen LogP contribution in [0.25, 0.3) is 11.0 Å². The van der Waals surface area contributed by atoms with Gasteiger partial charge in [0.25, 0.3) is 5.91 Å². The molecule has 0 saturated heterocycles. The Bertz CT molecular complexity index is 1610. The maximum absolute atomic E-state index is 13.3. The number of hydrogen-bond donors (Lipinski definition) is 6. The molecule has 2 heterocycles. The molecular formula is C29H31N7O7. The minimum Gasteiger partial charge on any atom is -0.481 e. The van der Waals surface area contributed by atoms with Gasteiger partial charge in [-0.15, -0.1) is 0 Å². The third kappa shape index (κ3) is 9.11. The Morgan fingerprint density at radius 2 is 1.53 bits per heavy atom. The average molecular weight is 590 g/mol. The smallest absolute Gasteiger partial charge is 0.305 e. The number of pyridine rings is 1. The third-order valence-electron chi connectivity index (χ3n) is 6.14. The molecule has 2 aromatic heterocycles. The second-order valence-corrected chi connectivity index (χ2v) is 9.21. The number of aliphatic carboxylic acids is 3. The Morgan fingerprint density at radius 1 is 0.907 bits per heavy atom. The number of aromatic nitrogens is 3. The second-order valence-electron chi connectivity index (χ2n) is 9.21. The van der Waals surface area contributed by atoms with Crippen LogP contribution in [-0.2, 0) is 28.0 Å². The average Bonchev–Trinajstić information content (AvgIpc) is 3.30. The summed E-state index contributed by atoms with van der Waals surface area (Å²) in [6.07, 6.45) is 0.771. The normalized spacial score (nSPS) is 10.3. The Labute approximate surface area is 245 Å². The number of nitrogens with one attached hydrogen (secondary N) is 2. The van der Waals surface area contributed by atoms with Crippen molar-refractivity contribution in [1.82, 2.24) is 14.5 Å². The van der Waals surface area contributed by atoms with Gasteiger partial charge in [0.15, 0.2) is 0 Å². The minimum atomic E-state index is -1.08. The minimum absolute atomic E-state index is 0.00300. The molecule has 4 aromatic rings. The second kappa shape index (κ2) is 14.7. The van der Waals surface area contributed by atoms with E-state index in [1.165, 1.54) is 4.90 Å². The van der Waals surface area contributed by atoms with Crippen LogP contribution in [0.5, 0.6) is 0 Å². The van der Waals surface area contributed by atoms with Crippen LogP contribution in [0.15, 0.2) is 66.9 Å². The van der Waals surface area contributed by atoms with Crippen molar-refractivity contribution in [3.63, 3.8) is 0 Å². The number of imidazole rings is 1. The number of anilines is 2. The van der Waals surface area contributed by atoms with E-state index in [9.17, 15) is 19.2 Å². The summed E-state index contributed by atoms with van der Waals surface area (Å²) < 4.78 is 1.95. The molecule has 2 aromatic carbocycles. The molecule has 0 saturated carbocycles. The summed E-state index contributed by atoms with van der Waals surface area (Å²) in [6.45, 7) is 0.454. The van der Waals surface area contributed by atoms with E-state index in [1.807, 2.05) is 29.8 Å². The molecule has 43 heavy (non-hydrogen) atoms. The molecule has 0 aliphatic heterocycles. The van der Waals surface area contributed by atoms with Crippen molar-refractivity contribution >= 4 is 52.2 Å². The molecule has 14 heteroatoms. The van der Waals surface area contributed by atoms with Crippen molar-refractivity contribution < 1.29 is 34.5 Å². The SMILES string of the molecule is Cn1c(CNc2ccc(C(=N)N)cc2)nc2cc(C(=O)N(CCC(=O)O)c3ccccn3)ccc21.O=C(O)CCC(=O)O. The predicted molar refractivity (Wildman–Crippen MR) is 158 cm³/mol. The van der Waals surface area contributed by atoms with Crippen molar-refractivity contribution in [3.05, 3.63) is 83.8 Å². The number of benzene rings is 2. The van der Waals surface area contributed by atoms with E-state index < -0.39 is 17.9 Å². The summed E-state index contributed by atoms with van der Waals surface area (Å²) in [6, 6.07) is 17.6. The number of nitrogens with zero attached hydrogens (tertiary/aromatic N) is 4. The lowest BCUT2D eigenvalue weighted by molar-refractivity contribution is -0.143. The van der Waals surface area contributed by atoms with Gasteiger partial charge in [-0.25, -0.2) is 9.97 Å². The maximum atomic E-state index is 13.3. The Kier molecular flexibility index (Phi) is 10.9. The van der Waals surface area contributed by atoms with Crippen molar-refractivity contribution in [2.45, 2.75) is 25.8 Å². The van der Waals surface area contributed by atoms with Crippen LogP contribution >= 0.6 is 0 Å². The van der Waals surface area contributed by atoms with Gasteiger partial charge < -0.3 is 30.9 Å². The lowest BCUT2D eigenvalue weighted by atomic mass is 10.1. The highest BCUT2D eigenvalue weighted by Gasteiger charge is 2.21. The lowest BCUT2D eigenvalue weighted by Crippen LogP contribution is -2.33. The van der Waals surface area contributed by atoms with Gasteiger partial charge in [0.2, 0.25) is 0 Å². The van der Waals surface area contributed by atoms with Gasteiger partial charge in [0.05, 0.1) is 36.8 Å². The molecule has 0 bridgehead atoms. The first-order valence-electron chi connectivity index (χ1n) is 13.0. The summed E-state index contributed by atoms with van der Waals surface area (Å²) in [5, 5.41) is 35.7. The number of carbonyl (C=O) groups excluding carboxylic acids is 1. The zero-order valence-corrected chi connectivity index (χ0v) is 23.2. The largest absolute Gasteiger partial charge is 0.481 e. The van der Waals surface area contributed by atoms with Crippen molar-refractivity contribution in [2.75, 3.05) is 16.8 Å². The van der Waals surface area contributed by atoms with Crippen LogP contribution in [0.2, 0.25) is 0 Å². The predicted octanol–water partition coefficient (Wildman–Crippen LogP) is 2.92. The van der Waals surface area contributed by atoms with Gasteiger partial charge in [0, 0.05) is 36.6 Å². The molecule has 224 valence electrons. The molecule has 4 rings (SSSR count). The summed E-state index contributed by atoms with van der Waals surface area (Å²) in [5.41, 5.74) is 8.92.